The van der Waals surface area contributed by atoms with Gasteiger partial charge in [0.25, 0.3) is 0 Å². The van der Waals surface area contributed by atoms with E-state index in [9.17, 15) is 0 Å². The molecule has 0 saturated carbocycles. The molecule has 0 rings (SSSR count). The zero-order valence-corrected chi connectivity index (χ0v) is 12.2. The maximum atomic E-state index is 5.33. The van der Waals surface area contributed by atoms with Crippen molar-refractivity contribution in [3.8, 4) is 0 Å². The van der Waals surface area contributed by atoms with Crippen molar-refractivity contribution in [2.24, 2.45) is 0 Å². The van der Waals surface area contributed by atoms with Crippen molar-refractivity contribution in [2.75, 3.05) is 0 Å². The van der Waals surface area contributed by atoms with Crippen molar-refractivity contribution < 1.29 is 19.5 Å². The molecule has 15 heavy (non-hydrogen) atoms. The van der Waals surface area contributed by atoms with E-state index in [0.29, 0.717) is 0 Å². The Hall–Kier alpha value is -0.417. The van der Waals surface area contributed by atoms with Crippen molar-refractivity contribution in [3.05, 3.63) is 48.1 Å². The Morgan fingerprint density at radius 2 is 1.80 bits per heavy atom. The summed E-state index contributed by atoms with van der Waals surface area (Å²) in [6, 6.07) is 0. The summed E-state index contributed by atoms with van der Waals surface area (Å²) in [5.41, 5.74) is 2.13. The molecule has 0 aromatic carbocycles. The normalized spacial score (nSPS) is 9.13. The fourth-order valence-corrected chi connectivity index (χ4v) is 0.737. The Morgan fingerprint density at radius 1 is 1.27 bits per heavy atom. The van der Waals surface area contributed by atoms with Crippen LogP contribution in [-0.2, 0) is 19.5 Å². The van der Waals surface area contributed by atoms with Gasteiger partial charge in [-0.05, 0) is 0 Å². The molecule has 0 unspecified atom stereocenters. The molecule has 0 atom stereocenters. The van der Waals surface area contributed by atoms with Crippen LogP contribution in [0.4, 0.5) is 0 Å². The van der Waals surface area contributed by atoms with Gasteiger partial charge < -0.3 is 0 Å². The number of hydrogen-bond donors (Lipinski definition) is 0. The van der Waals surface area contributed by atoms with Crippen LogP contribution in [0.5, 0.6) is 0 Å². The minimum Gasteiger partial charge on any atom is -0.290 e. The van der Waals surface area contributed by atoms with Gasteiger partial charge in [0.05, 0.1) is 0 Å². The first kappa shape index (κ1) is 20.1. The summed E-state index contributed by atoms with van der Waals surface area (Å²) in [6.07, 6.45) is 11.9. The van der Waals surface area contributed by atoms with Crippen molar-refractivity contribution in [2.45, 2.75) is 41.0 Å². The van der Waals surface area contributed by atoms with Gasteiger partial charge in [-0.1, -0.05) is 34.6 Å². The molecule has 0 nitrogen and oxygen atoms in total. The minimum absolute atomic E-state index is 0. The standard InChI is InChI=1S/2C7H11.Ru/c1-6(2)5-7(3)4;1-3-5-7-6-4-2;/h1,5H,2-4H3;3,5,7H,4H2,1-2H3;/q2*-1;+2. The molecule has 0 aliphatic carbocycles. The summed E-state index contributed by atoms with van der Waals surface area (Å²) in [4.78, 5) is 0. The molecule has 0 aromatic rings. The Kier molecular flexibility index (Phi) is 21.4. The number of rotatable bonds is 3. The van der Waals surface area contributed by atoms with Crippen molar-refractivity contribution in [3.63, 3.8) is 0 Å². The van der Waals surface area contributed by atoms with E-state index in [1.165, 1.54) is 5.57 Å². The average molecular weight is 291 g/mol. The maximum absolute atomic E-state index is 5.33. The number of hydrogen-bond acceptors (Lipinski definition) is 0. The van der Waals surface area contributed by atoms with E-state index >= 15 is 0 Å². The largest absolute Gasteiger partial charge is 2.00 e. The van der Waals surface area contributed by atoms with Crippen LogP contribution in [0, 0.1) is 12.7 Å². The molecule has 0 N–H and O–H groups in total. The summed E-state index contributed by atoms with van der Waals surface area (Å²) < 4.78 is 0. The topological polar surface area (TPSA) is 0 Å². The van der Waals surface area contributed by atoms with Gasteiger partial charge in [0, 0.05) is 0 Å². The first-order chi connectivity index (χ1) is 6.54. The van der Waals surface area contributed by atoms with Gasteiger partial charge in [0.1, 0.15) is 0 Å². The maximum Gasteiger partial charge on any atom is 2.00 e. The second-order valence-electron chi connectivity index (χ2n) is 3.22. The van der Waals surface area contributed by atoms with Gasteiger partial charge in [-0.2, -0.15) is 11.6 Å². The Labute approximate surface area is 109 Å². The first-order valence-corrected chi connectivity index (χ1v) is 4.96. The second-order valence-corrected chi connectivity index (χ2v) is 3.22. The van der Waals surface area contributed by atoms with Crippen molar-refractivity contribution >= 4 is 0 Å². The summed E-state index contributed by atoms with van der Waals surface area (Å²) in [5, 5.41) is 0. The van der Waals surface area contributed by atoms with E-state index in [1.54, 1.807) is 0 Å². The summed E-state index contributed by atoms with van der Waals surface area (Å²) in [5.74, 6) is 0. The van der Waals surface area contributed by atoms with E-state index in [1.807, 2.05) is 52.0 Å². The van der Waals surface area contributed by atoms with Crippen LogP contribution in [0.2, 0.25) is 0 Å². The summed E-state index contributed by atoms with van der Waals surface area (Å²) >= 11 is 0. The molecule has 0 spiro atoms. The molecule has 0 heterocycles. The Morgan fingerprint density at radius 3 is 2.00 bits per heavy atom. The Balaban J connectivity index is -0.000000180. The first-order valence-electron chi connectivity index (χ1n) is 4.96. The molecule has 0 bridgehead atoms. The molecule has 0 aliphatic rings. The predicted molar refractivity (Wildman–Crippen MR) is 65.8 cm³/mol. The third kappa shape index (κ3) is 31.7. The van der Waals surface area contributed by atoms with E-state index in [0.717, 1.165) is 12.0 Å². The van der Waals surface area contributed by atoms with Gasteiger partial charge in [-0.25, -0.2) is 23.8 Å². The van der Waals surface area contributed by atoms with Crippen LogP contribution < -0.4 is 0 Å². The van der Waals surface area contributed by atoms with Gasteiger partial charge >= 0.3 is 19.5 Å². The third-order valence-electron chi connectivity index (χ3n) is 1.13. The fraction of sp³-hybridized carbons (Fsp3) is 0.429. The molecule has 0 radical (unpaired) electrons. The smallest absolute Gasteiger partial charge is 0.290 e. The molecule has 0 fully saturated rings. The monoisotopic (exact) mass is 292 g/mol. The van der Waals surface area contributed by atoms with Gasteiger partial charge in [-0.15, -0.1) is 6.42 Å². The summed E-state index contributed by atoms with van der Waals surface area (Å²) in [7, 11) is 0. The molecular formula is C14H22Ru. The van der Waals surface area contributed by atoms with Gasteiger partial charge in [-0.3, -0.25) is 12.7 Å². The van der Waals surface area contributed by atoms with Crippen molar-refractivity contribution in [1.29, 1.82) is 0 Å². The average Bonchev–Trinajstić information content (AvgIpc) is 2.04. The van der Waals surface area contributed by atoms with Crippen LogP contribution in [0.25, 0.3) is 0 Å². The van der Waals surface area contributed by atoms with Crippen LogP contribution >= 0.6 is 0 Å². The SMILES string of the molecule is CC=CC=[C-]CC.[CH-]=C(C)C=C(C)C.[Ru+2]. The van der Waals surface area contributed by atoms with E-state index in [4.69, 9.17) is 6.58 Å². The van der Waals surface area contributed by atoms with Crippen LogP contribution in [0.15, 0.2) is 35.5 Å². The van der Waals surface area contributed by atoms with Gasteiger partial charge in [0.15, 0.2) is 0 Å². The minimum atomic E-state index is 0. The van der Waals surface area contributed by atoms with Crippen LogP contribution in [-0.4, -0.2) is 0 Å². The van der Waals surface area contributed by atoms with E-state index < -0.39 is 0 Å². The zero-order valence-electron chi connectivity index (χ0n) is 10.4. The van der Waals surface area contributed by atoms with Crippen LogP contribution in [0.1, 0.15) is 41.0 Å². The van der Waals surface area contributed by atoms with Crippen molar-refractivity contribution in [1.82, 2.24) is 0 Å². The third-order valence-corrected chi connectivity index (χ3v) is 1.13. The second kappa shape index (κ2) is 16.0. The van der Waals surface area contributed by atoms with E-state index in [-0.39, 0.29) is 19.5 Å². The molecule has 86 valence electrons. The summed E-state index contributed by atoms with van der Waals surface area (Å²) in [6.45, 7) is 15.3. The van der Waals surface area contributed by atoms with E-state index in [2.05, 4.69) is 13.0 Å². The molecule has 0 amide bonds. The quantitative estimate of drug-likeness (QED) is 0.403. The molecule has 0 saturated heterocycles. The Bertz CT molecular complexity index is 215. The predicted octanol–water partition coefficient (Wildman–Crippen LogP) is 4.66. The molecule has 1 heteroatoms. The van der Waals surface area contributed by atoms with Crippen LogP contribution in [0.3, 0.4) is 0 Å². The zero-order chi connectivity index (χ0) is 11.4. The molecular weight excluding hydrogens is 269 g/mol. The number of allylic oxidation sites excluding steroid dienone is 7. The van der Waals surface area contributed by atoms with Gasteiger partial charge in [0.2, 0.25) is 0 Å². The molecule has 0 aliphatic heterocycles. The fourth-order valence-electron chi connectivity index (χ4n) is 0.737. The molecule has 0 aromatic heterocycles.